The molecule has 0 aliphatic heterocycles. The maximum absolute atomic E-state index is 11.6. The van der Waals surface area contributed by atoms with Crippen molar-refractivity contribution in [3.05, 3.63) is 12.2 Å². The summed E-state index contributed by atoms with van der Waals surface area (Å²) in [5.74, 6) is -0.942. The SMILES string of the molecule is C=C(C)C(=O)OCCCC(C)(CCCCCCCC)C(C)(OCC)OCC. The lowest BCUT2D eigenvalue weighted by Gasteiger charge is -2.46. The number of hydrogen-bond acceptors (Lipinski definition) is 4. The van der Waals surface area contributed by atoms with Crippen molar-refractivity contribution in [2.45, 2.75) is 105 Å². The molecule has 0 saturated carbocycles. The molecule has 0 spiro atoms. The minimum absolute atomic E-state index is 0.126. The summed E-state index contributed by atoms with van der Waals surface area (Å²) in [5, 5.41) is 0. The van der Waals surface area contributed by atoms with Crippen LogP contribution in [0.5, 0.6) is 0 Å². The molecule has 4 heteroatoms. The zero-order valence-electron chi connectivity index (χ0n) is 18.8. The van der Waals surface area contributed by atoms with E-state index in [1.165, 1.54) is 38.5 Å². The second-order valence-electron chi connectivity index (χ2n) is 7.91. The average Bonchev–Trinajstić information content (AvgIpc) is 2.61. The van der Waals surface area contributed by atoms with Crippen molar-refractivity contribution < 1.29 is 19.0 Å². The van der Waals surface area contributed by atoms with Crippen LogP contribution in [0.15, 0.2) is 12.2 Å². The fourth-order valence-corrected chi connectivity index (χ4v) is 3.57. The van der Waals surface area contributed by atoms with Crippen LogP contribution in [0.4, 0.5) is 0 Å². The van der Waals surface area contributed by atoms with Crippen LogP contribution in [0.1, 0.15) is 99.3 Å². The fraction of sp³-hybridized carbons (Fsp3) is 0.870. The maximum atomic E-state index is 11.6. The average molecular weight is 385 g/mol. The second kappa shape index (κ2) is 14.2. The van der Waals surface area contributed by atoms with E-state index in [0.717, 1.165) is 19.3 Å². The molecule has 0 N–H and O–H groups in total. The molecule has 27 heavy (non-hydrogen) atoms. The third-order valence-electron chi connectivity index (χ3n) is 5.47. The molecule has 1 atom stereocenters. The van der Waals surface area contributed by atoms with Gasteiger partial charge >= 0.3 is 5.97 Å². The summed E-state index contributed by atoms with van der Waals surface area (Å²) in [5.41, 5.74) is 0.317. The van der Waals surface area contributed by atoms with E-state index in [9.17, 15) is 4.79 Å². The Labute approximate surface area is 168 Å². The molecule has 0 radical (unpaired) electrons. The van der Waals surface area contributed by atoms with Crippen molar-refractivity contribution in [1.82, 2.24) is 0 Å². The van der Waals surface area contributed by atoms with Gasteiger partial charge in [0.1, 0.15) is 0 Å². The highest BCUT2D eigenvalue weighted by Crippen LogP contribution is 2.44. The zero-order chi connectivity index (χ0) is 20.8. The number of ether oxygens (including phenoxy) is 3. The normalized spacial score (nSPS) is 14.0. The summed E-state index contributed by atoms with van der Waals surface area (Å²) in [6.07, 6.45) is 10.3. The van der Waals surface area contributed by atoms with Crippen LogP contribution >= 0.6 is 0 Å². The zero-order valence-corrected chi connectivity index (χ0v) is 18.8. The molecule has 0 aromatic carbocycles. The van der Waals surface area contributed by atoms with Gasteiger partial charge in [0.2, 0.25) is 0 Å². The molecule has 0 aliphatic carbocycles. The number of rotatable bonds is 17. The Kier molecular flexibility index (Phi) is 13.7. The van der Waals surface area contributed by atoms with Crippen molar-refractivity contribution in [2.24, 2.45) is 5.41 Å². The number of esters is 1. The van der Waals surface area contributed by atoms with Gasteiger partial charge in [0.15, 0.2) is 5.79 Å². The molecule has 0 bridgehead atoms. The van der Waals surface area contributed by atoms with E-state index in [-0.39, 0.29) is 11.4 Å². The van der Waals surface area contributed by atoms with Gasteiger partial charge in [-0.15, -0.1) is 0 Å². The first kappa shape index (κ1) is 26.1. The summed E-state index contributed by atoms with van der Waals surface area (Å²) in [4.78, 5) is 11.6. The Bertz CT molecular complexity index is 413. The van der Waals surface area contributed by atoms with Crippen molar-refractivity contribution in [3.63, 3.8) is 0 Å². The number of carbonyl (C=O) groups excluding carboxylic acids is 1. The predicted octanol–water partition coefficient (Wildman–Crippen LogP) is 6.43. The predicted molar refractivity (Wildman–Crippen MR) is 113 cm³/mol. The van der Waals surface area contributed by atoms with Crippen LogP contribution in [-0.2, 0) is 19.0 Å². The van der Waals surface area contributed by atoms with Crippen LogP contribution in [0.25, 0.3) is 0 Å². The van der Waals surface area contributed by atoms with Gasteiger partial charge in [-0.1, -0.05) is 59.0 Å². The van der Waals surface area contributed by atoms with E-state index in [1.54, 1.807) is 6.92 Å². The van der Waals surface area contributed by atoms with Gasteiger partial charge < -0.3 is 14.2 Å². The first-order chi connectivity index (χ1) is 12.8. The molecule has 0 heterocycles. The molecular weight excluding hydrogens is 340 g/mol. The molecule has 0 fully saturated rings. The Hall–Kier alpha value is -0.870. The first-order valence-corrected chi connectivity index (χ1v) is 10.9. The standard InChI is InChI=1S/C23H44O4/c1-8-11-12-13-14-15-17-22(6,23(7,26-9-2)27-10-3)18-16-19-25-21(24)20(4)5/h4,8-19H2,1-3,5-7H3. The Morgan fingerprint density at radius 3 is 1.89 bits per heavy atom. The van der Waals surface area contributed by atoms with E-state index in [1.807, 2.05) is 13.8 Å². The van der Waals surface area contributed by atoms with Crippen LogP contribution in [0.2, 0.25) is 0 Å². The molecule has 1 unspecified atom stereocenters. The van der Waals surface area contributed by atoms with E-state index in [2.05, 4.69) is 27.4 Å². The Morgan fingerprint density at radius 2 is 1.37 bits per heavy atom. The highest BCUT2D eigenvalue weighted by molar-refractivity contribution is 5.86. The minimum atomic E-state index is -0.627. The summed E-state index contributed by atoms with van der Waals surface area (Å²) in [6.45, 7) is 17.5. The molecule has 0 saturated heterocycles. The van der Waals surface area contributed by atoms with Gasteiger partial charge in [-0.05, 0) is 47.0 Å². The number of unbranched alkanes of at least 4 members (excludes halogenated alkanes) is 5. The van der Waals surface area contributed by atoms with Crippen LogP contribution < -0.4 is 0 Å². The smallest absolute Gasteiger partial charge is 0.333 e. The molecular formula is C23H44O4. The molecule has 0 aromatic rings. The summed E-state index contributed by atoms with van der Waals surface area (Å²) >= 11 is 0. The van der Waals surface area contributed by atoms with Gasteiger partial charge in [-0.3, -0.25) is 0 Å². The third-order valence-corrected chi connectivity index (χ3v) is 5.47. The van der Waals surface area contributed by atoms with Gasteiger partial charge in [0.05, 0.1) is 6.61 Å². The van der Waals surface area contributed by atoms with Crippen LogP contribution in [0, 0.1) is 5.41 Å². The number of hydrogen-bond donors (Lipinski definition) is 0. The third kappa shape index (κ3) is 9.75. The van der Waals surface area contributed by atoms with E-state index >= 15 is 0 Å². The minimum Gasteiger partial charge on any atom is -0.462 e. The largest absolute Gasteiger partial charge is 0.462 e. The lowest BCUT2D eigenvalue weighted by atomic mass is 9.73. The quantitative estimate of drug-likeness (QED) is 0.125. The van der Waals surface area contributed by atoms with Crippen molar-refractivity contribution in [2.75, 3.05) is 19.8 Å². The van der Waals surface area contributed by atoms with Gasteiger partial charge in [-0.25, -0.2) is 4.79 Å². The highest BCUT2D eigenvalue weighted by atomic mass is 16.7. The lowest BCUT2D eigenvalue weighted by Crippen LogP contribution is -2.49. The second-order valence-corrected chi connectivity index (χ2v) is 7.91. The fourth-order valence-electron chi connectivity index (χ4n) is 3.57. The van der Waals surface area contributed by atoms with Crippen molar-refractivity contribution >= 4 is 5.97 Å². The number of carbonyl (C=O) groups is 1. The van der Waals surface area contributed by atoms with Gasteiger partial charge in [0, 0.05) is 24.2 Å². The Balaban J connectivity index is 4.85. The molecule has 0 aliphatic rings. The molecule has 0 rings (SSSR count). The van der Waals surface area contributed by atoms with E-state index in [4.69, 9.17) is 14.2 Å². The maximum Gasteiger partial charge on any atom is 0.333 e. The molecule has 0 aromatic heterocycles. The van der Waals surface area contributed by atoms with Crippen molar-refractivity contribution in [1.29, 1.82) is 0 Å². The van der Waals surface area contributed by atoms with Gasteiger partial charge in [-0.2, -0.15) is 0 Å². The monoisotopic (exact) mass is 384 g/mol. The van der Waals surface area contributed by atoms with Crippen LogP contribution in [0.3, 0.4) is 0 Å². The van der Waals surface area contributed by atoms with E-state index < -0.39 is 5.79 Å². The highest BCUT2D eigenvalue weighted by Gasteiger charge is 2.45. The topological polar surface area (TPSA) is 44.8 Å². The summed E-state index contributed by atoms with van der Waals surface area (Å²) in [7, 11) is 0. The van der Waals surface area contributed by atoms with Crippen molar-refractivity contribution in [3.8, 4) is 0 Å². The first-order valence-electron chi connectivity index (χ1n) is 10.9. The van der Waals surface area contributed by atoms with Gasteiger partial charge in [0.25, 0.3) is 0 Å². The summed E-state index contributed by atoms with van der Waals surface area (Å²) in [6, 6.07) is 0. The molecule has 0 amide bonds. The van der Waals surface area contributed by atoms with E-state index in [0.29, 0.717) is 25.4 Å². The molecule has 160 valence electrons. The molecule has 4 nitrogen and oxygen atoms in total. The summed E-state index contributed by atoms with van der Waals surface area (Å²) < 4.78 is 17.5. The lowest BCUT2D eigenvalue weighted by molar-refractivity contribution is -0.286. The Morgan fingerprint density at radius 1 is 0.852 bits per heavy atom. The van der Waals surface area contributed by atoms with Crippen LogP contribution in [-0.4, -0.2) is 31.6 Å².